The molecule has 0 saturated carbocycles. The van der Waals surface area contributed by atoms with E-state index in [9.17, 15) is 0 Å². The Bertz CT molecular complexity index is 526. The van der Waals surface area contributed by atoms with Gasteiger partial charge in [0.05, 0.1) is 12.9 Å². The number of benzene rings is 1. The number of imidazole rings is 1. The Kier molecular flexibility index (Phi) is 4.48. The molecule has 3 heteroatoms. The first-order valence-corrected chi connectivity index (χ1v) is 7.15. The number of nitrogens with zero attached hydrogens (tertiary/aromatic N) is 2. The highest BCUT2D eigenvalue weighted by molar-refractivity contribution is 5.31. The second-order valence-electron chi connectivity index (χ2n) is 6.31. The molecular weight excluding hydrogens is 248 g/mol. The molecular formula is C17H24N2O. The van der Waals surface area contributed by atoms with E-state index in [2.05, 4.69) is 50.9 Å². The average molecular weight is 272 g/mol. The molecule has 0 radical (unpaired) electrons. The van der Waals surface area contributed by atoms with Gasteiger partial charge in [0.15, 0.2) is 0 Å². The summed E-state index contributed by atoms with van der Waals surface area (Å²) in [5, 5.41) is 0. The molecule has 0 amide bonds. The van der Waals surface area contributed by atoms with Gasteiger partial charge in [0.2, 0.25) is 0 Å². The molecule has 0 aliphatic heterocycles. The first-order chi connectivity index (χ1) is 9.47. The molecule has 0 N–H and O–H groups in total. The number of ether oxygens (including phenoxy) is 1. The molecule has 1 aromatic heterocycles. The number of rotatable bonds is 5. The van der Waals surface area contributed by atoms with Crippen LogP contribution in [0.2, 0.25) is 0 Å². The second-order valence-corrected chi connectivity index (χ2v) is 6.31. The minimum atomic E-state index is 0.259. The maximum Gasteiger partial charge on any atom is 0.119 e. The van der Waals surface area contributed by atoms with Crippen molar-refractivity contribution in [3.05, 3.63) is 48.5 Å². The third-order valence-electron chi connectivity index (χ3n) is 3.83. The first kappa shape index (κ1) is 14.6. The van der Waals surface area contributed by atoms with Crippen molar-refractivity contribution in [2.75, 3.05) is 6.61 Å². The minimum absolute atomic E-state index is 0.259. The summed E-state index contributed by atoms with van der Waals surface area (Å²) in [5.74, 6) is 1.44. The van der Waals surface area contributed by atoms with E-state index in [4.69, 9.17) is 4.74 Å². The zero-order chi connectivity index (χ0) is 14.6. The Morgan fingerprint density at radius 2 is 2.10 bits per heavy atom. The summed E-state index contributed by atoms with van der Waals surface area (Å²) in [4.78, 5) is 4.02. The molecule has 0 fully saturated rings. The quantitative estimate of drug-likeness (QED) is 0.819. The van der Waals surface area contributed by atoms with Gasteiger partial charge in [-0.25, -0.2) is 4.98 Å². The van der Waals surface area contributed by atoms with Crippen LogP contribution in [0.4, 0.5) is 0 Å². The zero-order valence-corrected chi connectivity index (χ0v) is 12.8. The Morgan fingerprint density at radius 1 is 1.30 bits per heavy atom. The number of hydrogen-bond acceptors (Lipinski definition) is 2. The third-order valence-corrected chi connectivity index (χ3v) is 3.83. The largest absolute Gasteiger partial charge is 0.492 e. The number of hydrogen-bond donors (Lipinski definition) is 0. The lowest BCUT2D eigenvalue weighted by molar-refractivity contribution is 0.296. The van der Waals surface area contributed by atoms with Crippen LogP contribution in [0.1, 0.15) is 39.2 Å². The molecule has 1 aromatic carbocycles. The fourth-order valence-electron chi connectivity index (χ4n) is 2.06. The van der Waals surface area contributed by atoms with Gasteiger partial charge in [-0.1, -0.05) is 39.8 Å². The lowest BCUT2D eigenvalue weighted by Crippen LogP contribution is -2.15. The molecule has 0 aliphatic carbocycles. The van der Waals surface area contributed by atoms with E-state index in [0.29, 0.717) is 12.5 Å². The van der Waals surface area contributed by atoms with Crippen molar-refractivity contribution >= 4 is 0 Å². The molecule has 3 nitrogen and oxygen atoms in total. The molecule has 1 unspecified atom stereocenters. The molecule has 0 bridgehead atoms. The van der Waals surface area contributed by atoms with E-state index in [-0.39, 0.29) is 5.41 Å². The second kappa shape index (κ2) is 6.12. The smallest absolute Gasteiger partial charge is 0.119 e. The lowest BCUT2D eigenvalue weighted by Gasteiger charge is -2.27. The van der Waals surface area contributed by atoms with Gasteiger partial charge in [0.1, 0.15) is 12.4 Å². The van der Waals surface area contributed by atoms with Gasteiger partial charge in [-0.2, -0.15) is 0 Å². The van der Waals surface area contributed by atoms with E-state index < -0.39 is 0 Å². The van der Waals surface area contributed by atoms with Crippen molar-refractivity contribution in [2.45, 2.75) is 40.2 Å². The third kappa shape index (κ3) is 3.86. The van der Waals surface area contributed by atoms with Crippen molar-refractivity contribution in [1.29, 1.82) is 0 Å². The van der Waals surface area contributed by atoms with Crippen molar-refractivity contribution in [3.63, 3.8) is 0 Å². The van der Waals surface area contributed by atoms with E-state index >= 15 is 0 Å². The predicted molar refractivity (Wildman–Crippen MR) is 82.0 cm³/mol. The van der Waals surface area contributed by atoms with Crippen molar-refractivity contribution in [1.82, 2.24) is 9.55 Å². The summed E-state index contributed by atoms with van der Waals surface area (Å²) in [6.07, 6.45) is 5.54. The van der Waals surface area contributed by atoms with Crippen LogP contribution in [0.15, 0.2) is 43.0 Å². The Balaban J connectivity index is 1.96. The molecule has 2 aromatic rings. The van der Waals surface area contributed by atoms with Crippen LogP contribution < -0.4 is 4.74 Å². The van der Waals surface area contributed by atoms with Crippen LogP contribution in [0.5, 0.6) is 5.75 Å². The highest BCUT2D eigenvalue weighted by atomic mass is 16.5. The van der Waals surface area contributed by atoms with Crippen molar-refractivity contribution in [2.24, 2.45) is 5.41 Å². The Morgan fingerprint density at radius 3 is 2.75 bits per heavy atom. The van der Waals surface area contributed by atoms with Crippen molar-refractivity contribution < 1.29 is 4.74 Å². The average Bonchev–Trinajstić information content (AvgIpc) is 2.90. The van der Waals surface area contributed by atoms with Crippen LogP contribution in [-0.4, -0.2) is 16.2 Å². The van der Waals surface area contributed by atoms with Crippen molar-refractivity contribution in [3.8, 4) is 5.75 Å². The molecule has 0 aliphatic rings. The van der Waals surface area contributed by atoms with Gasteiger partial charge in [-0.3, -0.25) is 0 Å². The normalized spacial score (nSPS) is 13.2. The van der Waals surface area contributed by atoms with Gasteiger partial charge < -0.3 is 9.30 Å². The minimum Gasteiger partial charge on any atom is -0.492 e. The summed E-state index contributed by atoms with van der Waals surface area (Å²) >= 11 is 0. The van der Waals surface area contributed by atoms with Gasteiger partial charge in [0, 0.05) is 12.4 Å². The Labute approximate surface area is 121 Å². The van der Waals surface area contributed by atoms with E-state index in [0.717, 1.165) is 12.3 Å². The molecule has 0 saturated heterocycles. The fraction of sp³-hybridized carbons (Fsp3) is 0.471. The van der Waals surface area contributed by atoms with E-state index in [1.54, 1.807) is 6.20 Å². The molecule has 108 valence electrons. The lowest BCUT2D eigenvalue weighted by atomic mass is 9.78. The van der Waals surface area contributed by atoms with Crippen LogP contribution in [0.3, 0.4) is 0 Å². The van der Waals surface area contributed by atoms with E-state index in [1.165, 1.54) is 5.56 Å². The topological polar surface area (TPSA) is 27.1 Å². The summed E-state index contributed by atoms with van der Waals surface area (Å²) in [6.45, 7) is 10.5. The zero-order valence-electron chi connectivity index (χ0n) is 12.8. The summed E-state index contributed by atoms with van der Waals surface area (Å²) in [5.41, 5.74) is 1.59. The summed E-state index contributed by atoms with van der Waals surface area (Å²) < 4.78 is 7.85. The predicted octanol–water partition coefficient (Wildman–Crippen LogP) is 4.11. The molecule has 1 atom stereocenters. The van der Waals surface area contributed by atoms with Crippen LogP contribution in [-0.2, 0) is 6.54 Å². The Hall–Kier alpha value is -1.77. The van der Waals surface area contributed by atoms with E-state index in [1.807, 2.05) is 23.2 Å². The van der Waals surface area contributed by atoms with Crippen LogP contribution in [0, 0.1) is 5.41 Å². The molecule has 2 rings (SSSR count). The van der Waals surface area contributed by atoms with Gasteiger partial charge >= 0.3 is 0 Å². The molecule has 0 spiro atoms. The van der Waals surface area contributed by atoms with Gasteiger partial charge in [0.25, 0.3) is 0 Å². The first-order valence-electron chi connectivity index (χ1n) is 7.15. The molecule has 1 heterocycles. The maximum absolute atomic E-state index is 5.83. The monoisotopic (exact) mass is 272 g/mol. The summed E-state index contributed by atoms with van der Waals surface area (Å²) in [6, 6.07) is 8.43. The van der Waals surface area contributed by atoms with Gasteiger partial charge in [-0.15, -0.1) is 0 Å². The van der Waals surface area contributed by atoms with Crippen LogP contribution in [0.25, 0.3) is 0 Å². The highest BCUT2D eigenvalue weighted by Crippen LogP contribution is 2.35. The summed E-state index contributed by atoms with van der Waals surface area (Å²) in [7, 11) is 0. The fourth-order valence-corrected chi connectivity index (χ4v) is 2.06. The molecule has 20 heavy (non-hydrogen) atoms. The number of aromatic nitrogens is 2. The van der Waals surface area contributed by atoms with Crippen LogP contribution >= 0.6 is 0 Å². The standard InChI is InChI=1S/C17H24N2O/c1-14(17(2,3)4)15-6-5-7-16(12-15)20-11-10-19-9-8-18-13-19/h5-9,12-14H,10-11H2,1-4H3. The highest BCUT2D eigenvalue weighted by Gasteiger charge is 2.21. The maximum atomic E-state index is 5.83. The SMILES string of the molecule is CC(c1cccc(OCCn2ccnc2)c1)C(C)(C)C. The van der Waals surface area contributed by atoms with Gasteiger partial charge in [-0.05, 0) is 29.0 Å².